The van der Waals surface area contributed by atoms with Gasteiger partial charge in [-0.1, -0.05) is 30.3 Å². The van der Waals surface area contributed by atoms with E-state index in [9.17, 15) is 8.42 Å². The van der Waals surface area contributed by atoms with Gasteiger partial charge in [-0.2, -0.15) is 5.10 Å². The van der Waals surface area contributed by atoms with Gasteiger partial charge in [0.15, 0.2) is 5.65 Å². The highest BCUT2D eigenvalue weighted by atomic mass is 32.2. The molecule has 0 fully saturated rings. The Balaban J connectivity index is 1.71. The number of H-pyrrole nitrogens is 1. The summed E-state index contributed by atoms with van der Waals surface area (Å²) in [6.07, 6.45) is 3.38. The van der Waals surface area contributed by atoms with Gasteiger partial charge >= 0.3 is 0 Å². The lowest BCUT2D eigenvalue weighted by atomic mass is 10.1. The molecule has 4 aromatic rings. The molecule has 2 N–H and O–H groups in total. The first-order chi connectivity index (χ1) is 12.1. The van der Waals surface area contributed by atoms with Crippen molar-refractivity contribution >= 4 is 26.7 Å². The fraction of sp³-hybridized carbons (Fsp3) is 0. The van der Waals surface area contributed by atoms with Crippen molar-refractivity contribution in [2.45, 2.75) is 4.90 Å². The summed E-state index contributed by atoms with van der Waals surface area (Å²) in [4.78, 5) is 4.49. The summed E-state index contributed by atoms with van der Waals surface area (Å²) >= 11 is 0. The van der Waals surface area contributed by atoms with Crippen LogP contribution in [0, 0.1) is 0 Å². The van der Waals surface area contributed by atoms with Gasteiger partial charge in [0, 0.05) is 22.8 Å². The maximum atomic E-state index is 12.6. The molecule has 6 nitrogen and oxygen atoms in total. The monoisotopic (exact) mass is 350 g/mol. The standard InChI is InChI=1S/C18H14N4O2S/c23-25(24,22-16-6-2-1-3-7-16)17-8-4-5-13(10-17)14-9-15-12-20-21-18(15)19-11-14/h1-12,22H,(H,19,20,21). The third kappa shape index (κ3) is 3.09. The highest BCUT2D eigenvalue weighted by Crippen LogP contribution is 2.25. The van der Waals surface area contributed by atoms with Gasteiger partial charge in [-0.25, -0.2) is 13.4 Å². The smallest absolute Gasteiger partial charge is 0.261 e. The molecular weight excluding hydrogens is 336 g/mol. The number of pyridine rings is 1. The van der Waals surface area contributed by atoms with E-state index in [4.69, 9.17) is 0 Å². The summed E-state index contributed by atoms with van der Waals surface area (Å²) in [5.74, 6) is 0. The van der Waals surface area contributed by atoms with Gasteiger partial charge in [0.05, 0.1) is 11.1 Å². The molecule has 0 saturated carbocycles. The molecular formula is C18H14N4O2S. The van der Waals surface area contributed by atoms with Crippen molar-refractivity contribution in [3.63, 3.8) is 0 Å². The summed E-state index contributed by atoms with van der Waals surface area (Å²) in [7, 11) is -3.66. The molecule has 0 aliphatic rings. The average molecular weight is 350 g/mol. The van der Waals surface area contributed by atoms with Crippen LogP contribution in [0.15, 0.2) is 78.0 Å². The van der Waals surface area contributed by atoms with Crippen molar-refractivity contribution in [2.24, 2.45) is 0 Å². The minimum absolute atomic E-state index is 0.196. The zero-order valence-corrected chi connectivity index (χ0v) is 13.9. The molecule has 0 atom stereocenters. The van der Waals surface area contributed by atoms with E-state index in [0.717, 1.165) is 16.5 Å². The van der Waals surface area contributed by atoms with Gasteiger partial charge in [0.2, 0.25) is 0 Å². The summed E-state index contributed by atoms with van der Waals surface area (Å²) < 4.78 is 27.8. The van der Waals surface area contributed by atoms with Crippen LogP contribution in [0.1, 0.15) is 0 Å². The highest BCUT2D eigenvalue weighted by molar-refractivity contribution is 7.92. The number of rotatable bonds is 4. The number of aromatic amines is 1. The van der Waals surface area contributed by atoms with Crippen LogP contribution in [-0.2, 0) is 10.0 Å². The molecule has 0 unspecified atom stereocenters. The van der Waals surface area contributed by atoms with E-state index in [1.807, 2.05) is 18.2 Å². The van der Waals surface area contributed by atoms with Crippen LogP contribution in [0.3, 0.4) is 0 Å². The van der Waals surface area contributed by atoms with Gasteiger partial charge in [-0.15, -0.1) is 0 Å². The number of para-hydroxylation sites is 1. The topological polar surface area (TPSA) is 87.7 Å². The molecule has 0 bridgehead atoms. The van der Waals surface area contributed by atoms with E-state index in [1.165, 1.54) is 0 Å². The lowest BCUT2D eigenvalue weighted by molar-refractivity contribution is 0.601. The molecule has 4 rings (SSSR count). The molecule has 2 aromatic carbocycles. The van der Waals surface area contributed by atoms with Crippen LogP contribution in [-0.4, -0.2) is 23.6 Å². The fourth-order valence-electron chi connectivity index (χ4n) is 2.56. The van der Waals surface area contributed by atoms with Crippen LogP contribution in [0.5, 0.6) is 0 Å². The number of nitrogens with zero attached hydrogens (tertiary/aromatic N) is 2. The molecule has 0 spiro atoms. The van der Waals surface area contributed by atoms with Crippen molar-refractivity contribution in [3.8, 4) is 11.1 Å². The number of aromatic nitrogens is 3. The van der Waals surface area contributed by atoms with E-state index in [0.29, 0.717) is 11.3 Å². The maximum Gasteiger partial charge on any atom is 0.261 e. The highest BCUT2D eigenvalue weighted by Gasteiger charge is 2.15. The van der Waals surface area contributed by atoms with Crippen LogP contribution < -0.4 is 4.72 Å². The van der Waals surface area contributed by atoms with Crippen LogP contribution in [0.25, 0.3) is 22.2 Å². The first-order valence-electron chi connectivity index (χ1n) is 7.59. The summed E-state index contributed by atoms with van der Waals surface area (Å²) in [5, 5.41) is 7.61. The second-order valence-corrected chi connectivity index (χ2v) is 7.21. The van der Waals surface area contributed by atoms with Crippen LogP contribution >= 0.6 is 0 Å². The lowest BCUT2D eigenvalue weighted by Gasteiger charge is -2.09. The van der Waals surface area contributed by atoms with Crippen molar-refractivity contribution in [2.75, 3.05) is 4.72 Å². The Morgan fingerprint density at radius 3 is 2.56 bits per heavy atom. The lowest BCUT2D eigenvalue weighted by Crippen LogP contribution is -2.12. The number of benzene rings is 2. The van der Waals surface area contributed by atoms with E-state index < -0.39 is 10.0 Å². The van der Waals surface area contributed by atoms with E-state index >= 15 is 0 Å². The minimum Gasteiger partial charge on any atom is -0.280 e. The Bertz CT molecular complexity index is 1140. The largest absolute Gasteiger partial charge is 0.280 e. The van der Waals surface area contributed by atoms with Crippen LogP contribution in [0.4, 0.5) is 5.69 Å². The molecule has 25 heavy (non-hydrogen) atoms. The quantitative estimate of drug-likeness (QED) is 0.590. The number of hydrogen-bond acceptors (Lipinski definition) is 4. The number of fused-ring (bicyclic) bond motifs is 1. The predicted octanol–water partition coefficient (Wildman–Crippen LogP) is 3.43. The Morgan fingerprint density at radius 2 is 1.72 bits per heavy atom. The summed E-state index contributed by atoms with van der Waals surface area (Å²) in [5.41, 5.74) is 2.81. The molecule has 0 aliphatic carbocycles. The van der Waals surface area contributed by atoms with Crippen molar-refractivity contribution in [3.05, 3.63) is 73.1 Å². The van der Waals surface area contributed by atoms with E-state index in [-0.39, 0.29) is 4.90 Å². The Morgan fingerprint density at radius 1 is 0.880 bits per heavy atom. The molecule has 124 valence electrons. The zero-order valence-electron chi connectivity index (χ0n) is 13.0. The first kappa shape index (κ1) is 15.3. The Hall–Kier alpha value is -3.19. The molecule has 0 saturated heterocycles. The van der Waals surface area contributed by atoms with Crippen LogP contribution in [0.2, 0.25) is 0 Å². The third-order valence-electron chi connectivity index (χ3n) is 3.79. The average Bonchev–Trinajstić information content (AvgIpc) is 3.10. The van der Waals surface area contributed by atoms with Gasteiger partial charge < -0.3 is 0 Å². The Labute approximate surface area is 144 Å². The number of sulfonamides is 1. The van der Waals surface area contributed by atoms with E-state index in [1.54, 1.807) is 54.9 Å². The number of anilines is 1. The van der Waals surface area contributed by atoms with Crippen molar-refractivity contribution in [1.29, 1.82) is 0 Å². The normalized spacial score (nSPS) is 11.5. The number of nitrogens with one attached hydrogen (secondary N) is 2. The van der Waals surface area contributed by atoms with Gasteiger partial charge in [0.1, 0.15) is 0 Å². The second kappa shape index (κ2) is 6.03. The molecule has 2 heterocycles. The van der Waals surface area contributed by atoms with Crippen molar-refractivity contribution < 1.29 is 8.42 Å². The summed E-state index contributed by atoms with van der Waals surface area (Å²) in [6.45, 7) is 0. The van der Waals surface area contributed by atoms with Gasteiger partial charge in [0.25, 0.3) is 10.0 Å². The van der Waals surface area contributed by atoms with Crippen molar-refractivity contribution in [1.82, 2.24) is 15.2 Å². The molecule has 0 amide bonds. The predicted molar refractivity (Wildman–Crippen MR) is 96.6 cm³/mol. The van der Waals surface area contributed by atoms with Gasteiger partial charge in [-0.05, 0) is 35.9 Å². The van der Waals surface area contributed by atoms with Gasteiger partial charge in [-0.3, -0.25) is 9.82 Å². The Kier molecular flexibility index (Phi) is 3.70. The fourth-order valence-corrected chi connectivity index (χ4v) is 3.66. The first-order valence-corrected chi connectivity index (χ1v) is 9.08. The second-order valence-electron chi connectivity index (χ2n) is 5.53. The maximum absolute atomic E-state index is 12.6. The number of hydrogen-bond donors (Lipinski definition) is 2. The SMILES string of the molecule is O=S(=O)(Nc1ccccc1)c1cccc(-c2cnc3[nH]ncc3c2)c1. The minimum atomic E-state index is -3.66. The molecule has 2 aromatic heterocycles. The molecule has 0 aliphatic heterocycles. The van der Waals surface area contributed by atoms with E-state index in [2.05, 4.69) is 19.9 Å². The zero-order chi connectivity index (χ0) is 17.3. The molecule has 7 heteroatoms. The molecule has 0 radical (unpaired) electrons. The summed E-state index contributed by atoms with van der Waals surface area (Å²) in [6, 6.07) is 17.5. The third-order valence-corrected chi connectivity index (χ3v) is 5.17.